The number of carbonyl (C=O) groups excluding carboxylic acids is 1. The molecule has 4 aromatic carbocycles. The van der Waals surface area contributed by atoms with Crippen LogP contribution in [0.1, 0.15) is 13.8 Å². The summed E-state index contributed by atoms with van der Waals surface area (Å²) in [5.41, 5.74) is 2.07. The number of hydrogen-bond donors (Lipinski definition) is 1. The van der Waals surface area contributed by atoms with Crippen LogP contribution in [0.2, 0.25) is 0 Å². The van der Waals surface area contributed by atoms with E-state index in [1.807, 2.05) is 48.8 Å². The van der Waals surface area contributed by atoms with Crippen molar-refractivity contribution in [3.63, 3.8) is 0 Å². The predicted octanol–water partition coefficient (Wildman–Crippen LogP) is 7.41. The summed E-state index contributed by atoms with van der Waals surface area (Å²) >= 11 is 0. The van der Waals surface area contributed by atoms with Gasteiger partial charge in [0.1, 0.15) is 0 Å². The van der Waals surface area contributed by atoms with Crippen molar-refractivity contribution in [2.45, 2.75) is 13.8 Å². The van der Waals surface area contributed by atoms with E-state index in [0.29, 0.717) is 0 Å². The van der Waals surface area contributed by atoms with E-state index in [0.717, 1.165) is 21.8 Å². The van der Waals surface area contributed by atoms with Crippen LogP contribution in [0.25, 0.3) is 43.4 Å². The van der Waals surface area contributed by atoms with Crippen LogP contribution in [0, 0.1) is 12.1 Å². The normalized spacial score (nSPS) is 10.4. The van der Waals surface area contributed by atoms with E-state index in [9.17, 15) is 4.79 Å². The fourth-order valence-corrected chi connectivity index (χ4v) is 3.76. The van der Waals surface area contributed by atoms with Crippen LogP contribution < -0.4 is 0 Å². The second-order valence-corrected chi connectivity index (χ2v) is 7.95. The van der Waals surface area contributed by atoms with Gasteiger partial charge in [-0.3, -0.25) is 4.79 Å². The van der Waals surface area contributed by atoms with Crippen LogP contribution in [-0.2, 0) is 45.0 Å². The summed E-state index contributed by atoms with van der Waals surface area (Å²) in [7, 11) is 0. The molecule has 0 aliphatic heterocycles. The van der Waals surface area contributed by atoms with Crippen molar-refractivity contribution >= 4 is 49.1 Å². The van der Waals surface area contributed by atoms with Crippen molar-refractivity contribution in [2.75, 3.05) is 0 Å². The van der Waals surface area contributed by atoms with Crippen LogP contribution in [0.3, 0.4) is 0 Å². The summed E-state index contributed by atoms with van der Waals surface area (Å²) in [4.78, 5) is 18.8. The Bertz CT molecular complexity index is 1440. The van der Waals surface area contributed by atoms with Crippen LogP contribution in [0.4, 0.5) is 0 Å². The van der Waals surface area contributed by atoms with Gasteiger partial charge in [-0.05, 0) is 47.8 Å². The number of benzene rings is 4. The number of fused-ring (bicyclic) bond motifs is 6. The summed E-state index contributed by atoms with van der Waals surface area (Å²) in [6.45, 7) is 2.85. The smallest absolute Gasteiger partial charge is 0.155 e. The Kier molecular flexibility index (Phi) is 11.7. The van der Waals surface area contributed by atoms with Gasteiger partial charge in [-0.2, -0.15) is 0 Å². The third-order valence-electron chi connectivity index (χ3n) is 5.23. The molecule has 4 nitrogen and oxygen atoms in total. The molecule has 1 N–H and O–H groups in total. The molecule has 2 radical (unpaired) electrons. The van der Waals surface area contributed by atoms with Crippen LogP contribution >= 0.6 is 0 Å². The van der Waals surface area contributed by atoms with Crippen molar-refractivity contribution in [1.82, 2.24) is 9.97 Å². The van der Waals surface area contributed by atoms with Gasteiger partial charge >= 0.3 is 0 Å². The summed E-state index contributed by atoms with van der Waals surface area (Å²) in [6, 6.07) is 34.9. The summed E-state index contributed by atoms with van der Waals surface area (Å²) < 4.78 is 0. The second-order valence-electron chi connectivity index (χ2n) is 7.95. The molecule has 0 spiro atoms. The zero-order valence-corrected chi connectivity index (χ0v) is 25.0. The zero-order valence-electron chi connectivity index (χ0n) is 20.2. The van der Waals surface area contributed by atoms with Crippen LogP contribution in [-0.4, -0.2) is 20.9 Å². The first-order chi connectivity index (χ1) is 17.0. The van der Waals surface area contributed by atoms with E-state index in [2.05, 4.69) is 70.6 Å². The fraction of sp³-hybridized carbons (Fsp3) is 0.0645. The van der Waals surface area contributed by atoms with Crippen LogP contribution in [0.5, 0.6) is 0 Å². The van der Waals surface area contributed by atoms with Crippen molar-refractivity contribution in [3.05, 3.63) is 121 Å². The number of rotatable bonds is 1. The number of aliphatic hydroxyl groups is 1. The van der Waals surface area contributed by atoms with Gasteiger partial charge in [-0.1, -0.05) is 36.4 Å². The summed E-state index contributed by atoms with van der Waals surface area (Å²) in [6.07, 6.45) is 4.81. The Labute approximate surface area is 243 Å². The third kappa shape index (κ3) is 7.85. The largest absolute Gasteiger partial charge is 0.512 e. The van der Waals surface area contributed by atoms with Gasteiger partial charge in [0.2, 0.25) is 0 Å². The number of aliphatic hydroxyl groups excluding tert-OH is 1. The van der Waals surface area contributed by atoms with E-state index in [1.165, 1.54) is 41.5 Å². The molecule has 0 fully saturated rings. The molecule has 190 valence electrons. The Balaban J connectivity index is 0.000000202. The Morgan fingerprint density at radius 2 is 1.08 bits per heavy atom. The number of carbonyl (C=O) groups is 1. The maximum atomic E-state index is 10.0. The first-order valence-corrected chi connectivity index (χ1v) is 11.2. The first kappa shape index (κ1) is 30.0. The van der Waals surface area contributed by atoms with Crippen molar-refractivity contribution in [1.29, 1.82) is 0 Å². The summed E-state index contributed by atoms with van der Waals surface area (Å²) in [5, 5.41) is 15.3. The van der Waals surface area contributed by atoms with Gasteiger partial charge < -0.3 is 15.1 Å². The monoisotopic (exact) mass is 842 g/mol. The molecule has 6 heteroatoms. The van der Waals surface area contributed by atoms with Crippen LogP contribution in [0.15, 0.2) is 109 Å². The van der Waals surface area contributed by atoms with Gasteiger partial charge in [0.15, 0.2) is 5.78 Å². The van der Waals surface area contributed by atoms with E-state index in [1.54, 1.807) is 0 Å². The number of pyridine rings is 2. The molecule has 37 heavy (non-hydrogen) atoms. The Hall–Kier alpha value is -3.27. The molecule has 0 aliphatic carbocycles. The fourth-order valence-electron chi connectivity index (χ4n) is 3.76. The maximum Gasteiger partial charge on any atom is 0.155 e. The van der Waals surface area contributed by atoms with Crippen molar-refractivity contribution < 1.29 is 50.1 Å². The number of ketones is 1. The molecule has 0 aliphatic rings. The van der Waals surface area contributed by atoms with E-state index < -0.39 is 0 Å². The SMILES string of the molecule is CC(=O)C=C(C)O.[Ir].[Ir].[c-]1cccc2ccc3cccnc3c12.[c-]1cccc2ccc3cccnc3c12. The van der Waals surface area contributed by atoms with Crippen molar-refractivity contribution in [2.24, 2.45) is 0 Å². The molecule has 6 aromatic rings. The van der Waals surface area contributed by atoms with Crippen molar-refractivity contribution in [3.8, 4) is 0 Å². The number of allylic oxidation sites excluding steroid dienone is 2. The minimum absolute atomic E-state index is 0. The minimum Gasteiger partial charge on any atom is -0.512 e. The number of aromatic nitrogens is 2. The quantitative estimate of drug-likeness (QED) is 0.0812. The Morgan fingerprint density at radius 1 is 0.676 bits per heavy atom. The number of hydrogen-bond acceptors (Lipinski definition) is 4. The van der Waals surface area contributed by atoms with Gasteiger partial charge in [-0.25, -0.2) is 0 Å². The molecular weight excluding hydrogens is 817 g/mol. The molecule has 2 heterocycles. The van der Waals surface area contributed by atoms with Gasteiger partial charge in [0.05, 0.1) is 5.76 Å². The van der Waals surface area contributed by atoms with E-state index >= 15 is 0 Å². The van der Waals surface area contributed by atoms with Gasteiger partial charge in [0.25, 0.3) is 0 Å². The second kappa shape index (κ2) is 14.5. The predicted molar refractivity (Wildman–Crippen MR) is 143 cm³/mol. The molecule has 0 bridgehead atoms. The molecule has 0 unspecified atom stereocenters. The average Bonchev–Trinajstić information content (AvgIpc) is 2.88. The molecular formula is C31H24Ir2N2O2-2. The van der Waals surface area contributed by atoms with E-state index in [4.69, 9.17) is 5.11 Å². The van der Waals surface area contributed by atoms with Gasteiger partial charge in [-0.15, -0.1) is 70.1 Å². The zero-order chi connectivity index (χ0) is 24.6. The third-order valence-corrected chi connectivity index (χ3v) is 5.23. The molecule has 2 aromatic heterocycles. The minimum atomic E-state index is -0.125. The molecule has 0 saturated carbocycles. The standard InChI is InChI=1S/2C13H8N.C5H8O2.2Ir/c2*1-2-6-12-10(4-1)7-8-11-5-3-9-14-13(11)12;1-4(6)3-5(2)7;;/h2*1-5,7-9H;3,6H,1-2H3;;/q2*-1;;;. The number of nitrogens with zero attached hydrogens (tertiary/aromatic N) is 2. The average molecular weight is 841 g/mol. The molecule has 6 rings (SSSR count). The Morgan fingerprint density at radius 3 is 1.46 bits per heavy atom. The molecule has 0 amide bonds. The molecule has 0 atom stereocenters. The first-order valence-electron chi connectivity index (χ1n) is 11.2. The topological polar surface area (TPSA) is 63.1 Å². The maximum absolute atomic E-state index is 10.0. The molecule has 0 saturated heterocycles. The van der Waals surface area contributed by atoms with E-state index in [-0.39, 0.29) is 51.8 Å². The summed E-state index contributed by atoms with van der Waals surface area (Å²) in [5.74, 6) is -0.0625. The van der Waals surface area contributed by atoms with Gasteiger partial charge in [0, 0.05) is 58.7 Å².